The third-order valence-electron chi connectivity index (χ3n) is 3.30. The lowest BCUT2D eigenvalue weighted by Crippen LogP contribution is -2.20. The number of nitrogens with zero attached hydrogens (tertiary/aromatic N) is 2. The zero-order chi connectivity index (χ0) is 13.0. The third-order valence-corrected chi connectivity index (χ3v) is 3.30. The van der Waals surface area contributed by atoms with Crippen LogP contribution in [0.5, 0.6) is 0 Å². The zero-order valence-electron chi connectivity index (χ0n) is 11.4. The first-order chi connectivity index (χ1) is 8.76. The first-order valence-corrected chi connectivity index (χ1v) is 6.50. The fraction of sp³-hybridized carbons (Fsp3) is 0.400. The number of hydrogen-bond donors (Lipinski definition) is 1. The van der Waals surface area contributed by atoms with E-state index in [-0.39, 0.29) is 6.04 Å². The van der Waals surface area contributed by atoms with Crippen molar-refractivity contribution in [2.45, 2.75) is 25.8 Å². The van der Waals surface area contributed by atoms with Crippen LogP contribution in [0.25, 0.3) is 0 Å². The monoisotopic (exact) mass is 243 g/mol. The summed E-state index contributed by atoms with van der Waals surface area (Å²) < 4.78 is 1.92. The largest absolute Gasteiger partial charge is 0.308 e. The predicted molar refractivity (Wildman–Crippen MR) is 74.5 cm³/mol. The first-order valence-electron chi connectivity index (χ1n) is 6.50. The van der Waals surface area contributed by atoms with Crippen LogP contribution in [0.1, 0.15) is 36.2 Å². The van der Waals surface area contributed by atoms with E-state index < -0.39 is 0 Å². The Morgan fingerprint density at radius 3 is 2.44 bits per heavy atom. The molecule has 3 nitrogen and oxygen atoms in total. The Kier molecular flexibility index (Phi) is 4.15. The summed E-state index contributed by atoms with van der Waals surface area (Å²) in [5.41, 5.74) is 3.86. The number of nitrogens with one attached hydrogen (secondary N) is 1. The van der Waals surface area contributed by atoms with Crippen molar-refractivity contribution in [3.05, 3.63) is 53.3 Å². The summed E-state index contributed by atoms with van der Waals surface area (Å²) in [6, 6.07) is 11.1. The van der Waals surface area contributed by atoms with Gasteiger partial charge in [-0.3, -0.25) is 4.68 Å². The summed E-state index contributed by atoms with van der Waals surface area (Å²) >= 11 is 0. The van der Waals surface area contributed by atoms with Gasteiger partial charge in [0, 0.05) is 13.2 Å². The van der Waals surface area contributed by atoms with Gasteiger partial charge < -0.3 is 5.32 Å². The molecular weight excluding hydrogens is 222 g/mol. The van der Waals surface area contributed by atoms with Gasteiger partial charge in [-0.2, -0.15) is 5.10 Å². The van der Waals surface area contributed by atoms with Crippen molar-refractivity contribution in [3.63, 3.8) is 0 Å². The highest BCUT2D eigenvalue weighted by atomic mass is 15.3. The molecule has 0 aliphatic heterocycles. The highest BCUT2D eigenvalue weighted by Crippen LogP contribution is 2.21. The topological polar surface area (TPSA) is 29.9 Å². The quantitative estimate of drug-likeness (QED) is 0.875. The molecule has 0 fully saturated rings. The number of aromatic nitrogens is 2. The fourth-order valence-electron chi connectivity index (χ4n) is 2.32. The van der Waals surface area contributed by atoms with Crippen LogP contribution in [-0.2, 0) is 13.5 Å². The molecule has 1 heterocycles. The second kappa shape index (κ2) is 5.83. The summed E-state index contributed by atoms with van der Waals surface area (Å²) in [4.78, 5) is 0. The standard InChI is InChI=1S/C15H21N3/c1-4-5-12-6-8-13(9-7-12)15(16-2)14-10-11-17-18(14)3/h6-11,15-16H,4-5H2,1-3H3. The van der Waals surface area contributed by atoms with Crippen LogP contribution in [-0.4, -0.2) is 16.8 Å². The van der Waals surface area contributed by atoms with Crippen LogP contribution in [0.2, 0.25) is 0 Å². The molecule has 3 heteroatoms. The van der Waals surface area contributed by atoms with Gasteiger partial charge in [0.15, 0.2) is 0 Å². The van der Waals surface area contributed by atoms with Crippen LogP contribution >= 0.6 is 0 Å². The lowest BCUT2D eigenvalue weighted by Gasteiger charge is -2.17. The molecule has 1 aromatic heterocycles. The average Bonchev–Trinajstić information content (AvgIpc) is 2.79. The molecule has 1 unspecified atom stereocenters. The van der Waals surface area contributed by atoms with Gasteiger partial charge in [-0.05, 0) is 30.7 Å². The van der Waals surface area contributed by atoms with E-state index in [4.69, 9.17) is 0 Å². The molecule has 2 rings (SSSR count). The Bertz CT molecular complexity index is 485. The summed E-state index contributed by atoms with van der Waals surface area (Å²) in [7, 11) is 3.96. The van der Waals surface area contributed by atoms with Crippen LogP contribution in [0, 0.1) is 0 Å². The van der Waals surface area contributed by atoms with E-state index in [1.807, 2.05) is 25.0 Å². The molecule has 0 saturated carbocycles. The minimum Gasteiger partial charge on any atom is -0.308 e. The number of hydrogen-bond acceptors (Lipinski definition) is 2. The van der Waals surface area contributed by atoms with E-state index in [9.17, 15) is 0 Å². The molecule has 96 valence electrons. The van der Waals surface area contributed by atoms with Crippen molar-refractivity contribution in [2.24, 2.45) is 7.05 Å². The molecule has 1 atom stereocenters. The van der Waals surface area contributed by atoms with Gasteiger partial charge in [-0.25, -0.2) is 0 Å². The highest BCUT2D eigenvalue weighted by molar-refractivity contribution is 5.30. The smallest absolute Gasteiger partial charge is 0.0745 e. The first kappa shape index (κ1) is 12.8. The van der Waals surface area contributed by atoms with E-state index in [1.165, 1.54) is 23.2 Å². The SMILES string of the molecule is CCCc1ccc(C(NC)c2ccnn2C)cc1. The number of benzene rings is 1. The predicted octanol–water partition coefficient (Wildman–Crippen LogP) is 2.68. The minimum absolute atomic E-state index is 0.202. The van der Waals surface area contributed by atoms with Crippen LogP contribution < -0.4 is 5.32 Å². The van der Waals surface area contributed by atoms with Crippen LogP contribution in [0.15, 0.2) is 36.5 Å². The Morgan fingerprint density at radius 2 is 1.94 bits per heavy atom. The van der Waals surface area contributed by atoms with Crippen molar-refractivity contribution in [1.29, 1.82) is 0 Å². The second-order valence-electron chi connectivity index (χ2n) is 4.59. The third kappa shape index (κ3) is 2.62. The summed E-state index contributed by atoms with van der Waals surface area (Å²) in [6.45, 7) is 2.21. The average molecular weight is 243 g/mol. The Morgan fingerprint density at radius 1 is 1.22 bits per heavy atom. The van der Waals surface area contributed by atoms with Crippen molar-refractivity contribution < 1.29 is 0 Å². The van der Waals surface area contributed by atoms with Gasteiger partial charge in [0.25, 0.3) is 0 Å². The Hall–Kier alpha value is -1.61. The summed E-state index contributed by atoms with van der Waals surface area (Å²) in [5.74, 6) is 0. The van der Waals surface area contributed by atoms with Crippen LogP contribution in [0.4, 0.5) is 0 Å². The maximum atomic E-state index is 4.23. The number of rotatable bonds is 5. The number of aryl methyl sites for hydroxylation is 2. The molecule has 0 radical (unpaired) electrons. The van der Waals surface area contributed by atoms with E-state index >= 15 is 0 Å². The maximum Gasteiger partial charge on any atom is 0.0745 e. The van der Waals surface area contributed by atoms with Gasteiger partial charge in [-0.1, -0.05) is 37.6 Å². The lowest BCUT2D eigenvalue weighted by molar-refractivity contribution is 0.606. The maximum absolute atomic E-state index is 4.23. The molecular formula is C15H21N3. The molecule has 2 aromatic rings. The van der Waals surface area contributed by atoms with E-state index in [0.717, 1.165) is 6.42 Å². The second-order valence-corrected chi connectivity index (χ2v) is 4.59. The van der Waals surface area contributed by atoms with Gasteiger partial charge in [0.05, 0.1) is 11.7 Å². The molecule has 0 saturated heterocycles. The zero-order valence-corrected chi connectivity index (χ0v) is 11.4. The van der Waals surface area contributed by atoms with Crippen molar-refractivity contribution in [3.8, 4) is 0 Å². The minimum atomic E-state index is 0.202. The van der Waals surface area contributed by atoms with Gasteiger partial charge in [0.1, 0.15) is 0 Å². The Balaban J connectivity index is 2.25. The molecule has 0 spiro atoms. The molecule has 0 amide bonds. The van der Waals surface area contributed by atoms with Gasteiger partial charge in [0.2, 0.25) is 0 Å². The summed E-state index contributed by atoms with van der Waals surface area (Å²) in [6.07, 6.45) is 4.18. The van der Waals surface area contributed by atoms with Crippen molar-refractivity contribution >= 4 is 0 Å². The van der Waals surface area contributed by atoms with Gasteiger partial charge >= 0.3 is 0 Å². The van der Waals surface area contributed by atoms with Crippen LogP contribution in [0.3, 0.4) is 0 Å². The fourth-order valence-corrected chi connectivity index (χ4v) is 2.32. The highest BCUT2D eigenvalue weighted by Gasteiger charge is 2.14. The summed E-state index contributed by atoms with van der Waals surface area (Å²) in [5, 5.41) is 7.59. The molecule has 0 aliphatic rings. The normalized spacial score (nSPS) is 12.6. The molecule has 1 N–H and O–H groups in total. The van der Waals surface area contributed by atoms with E-state index in [0.29, 0.717) is 0 Å². The Labute approximate surface area is 109 Å². The molecule has 1 aromatic carbocycles. The van der Waals surface area contributed by atoms with Crippen molar-refractivity contribution in [1.82, 2.24) is 15.1 Å². The lowest BCUT2D eigenvalue weighted by atomic mass is 10.0. The van der Waals surface area contributed by atoms with E-state index in [2.05, 4.69) is 47.7 Å². The molecule has 18 heavy (non-hydrogen) atoms. The molecule has 0 bridgehead atoms. The van der Waals surface area contributed by atoms with Gasteiger partial charge in [-0.15, -0.1) is 0 Å². The molecule has 0 aliphatic carbocycles. The van der Waals surface area contributed by atoms with E-state index in [1.54, 1.807) is 0 Å². The van der Waals surface area contributed by atoms with Crippen molar-refractivity contribution in [2.75, 3.05) is 7.05 Å².